The highest BCUT2D eigenvalue weighted by molar-refractivity contribution is 5.52. The molecule has 0 saturated carbocycles. The minimum Gasteiger partial charge on any atom is -0.370 e. The molecule has 1 aliphatic rings. The molecule has 0 unspecified atom stereocenters. The summed E-state index contributed by atoms with van der Waals surface area (Å²) in [4.78, 5) is 7.07. The summed E-state index contributed by atoms with van der Waals surface area (Å²) in [5.41, 5.74) is 9.00. The first-order chi connectivity index (χ1) is 9.36. The van der Waals surface area contributed by atoms with E-state index >= 15 is 0 Å². The first-order valence-electron chi connectivity index (χ1n) is 7.29. The van der Waals surface area contributed by atoms with E-state index in [9.17, 15) is 0 Å². The van der Waals surface area contributed by atoms with Crippen LogP contribution in [-0.2, 0) is 6.42 Å². The van der Waals surface area contributed by atoms with Gasteiger partial charge in [0.1, 0.15) is 5.65 Å². The lowest BCUT2D eigenvalue weighted by atomic mass is 10.2. The predicted octanol–water partition coefficient (Wildman–Crippen LogP) is 2.22. The average molecular weight is 258 g/mol. The molecule has 0 radical (unpaired) electrons. The Morgan fingerprint density at radius 1 is 1.05 bits per heavy atom. The van der Waals surface area contributed by atoms with Crippen molar-refractivity contribution >= 4 is 11.3 Å². The van der Waals surface area contributed by atoms with E-state index in [0.29, 0.717) is 6.54 Å². The molecule has 4 heteroatoms. The van der Waals surface area contributed by atoms with Crippen LogP contribution in [0.15, 0.2) is 24.5 Å². The molecular formula is C15H22N4. The molecule has 1 saturated heterocycles. The summed E-state index contributed by atoms with van der Waals surface area (Å²) in [5.74, 6) is 0. The van der Waals surface area contributed by atoms with E-state index < -0.39 is 0 Å². The molecule has 4 nitrogen and oxygen atoms in total. The highest BCUT2D eigenvalue weighted by Gasteiger charge is 2.11. The fraction of sp³-hybridized carbons (Fsp3) is 0.533. The Morgan fingerprint density at radius 3 is 2.58 bits per heavy atom. The first kappa shape index (κ1) is 12.5. The van der Waals surface area contributed by atoms with Crippen LogP contribution in [0.3, 0.4) is 0 Å². The molecule has 1 aliphatic heterocycles. The summed E-state index contributed by atoms with van der Waals surface area (Å²) < 4.78 is 2.13. The first-order valence-corrected chi connectivity index (χ1v) is 7.29. The summed E-state index contributed by atoms with van der Waals surface area (Å²) in [6, 6.07) is 4.31. The number of nitrogens with two attached hydrogens (primary N) is 1. The van der Waals surface area contributed by atoms with E-state index in [4.69, 9.17) is 5.73 Å². The number of pyridine rings is 1. The van der Waals surface area contributed by atoms with Gasteiger partial charge in [-0.3, -0.25) is 0 Å². The third-order valence-corrected chi connectivity index (χ3v) is 3.86. The second-order valence-electron chi connectivity index (χ2n) is 5.32. The topological polar surface area (TPSA) is 46.6 Å². The fourth-order valence-corrected chi connectivity index (χ4v) is 2.82. The molecule has 3 heterocycles. The lowest BCUT2D eigenvalue weighted by Gasteiger charge is -2.22. The lowest BCUT2D eigenvalue weighted by Crippen LogP contribution is -2.23. The van der Waals surface area contributed by atoms with Crippen molar-refractivity contribution in [2.75, 3.05) is 24.5 Å². The van der Waals surface area contributed by atoms with Crippen molar-refractivity contribution in [1.29, 1.82) is 0 Å². The molecule has 0 spiro atoms. The highest BCUT2D eigenvalue weighted by atomic mass is 15.1. The van der Waals surface area contributed by atoms with Gasteiger partial charge in [-0.1, -0.05) is 12.8 Å². The van der Waals surface area contributed by atoms with Gasteiger partial charge < -0.3 is 15.0 Å². The van der Waals surface area contributed by atoms with Crippen molar-refractivity contribution in [3.8, 4) is 0 Å². The summed E-state index contributed by atoms with van der Waals surface area (Å²) in [5, 5.41) is 0. The number of aromatic nitrogens is 2. The van der Waals surface area contributed by atoms with Gasteiger partial charge in [0.25, 0.3) is 0 Å². The molecular weight excluding hydrogens is 236 g/mol. The van der Waals surface area contributed by atoms with Crippen molar-refractivity contribution in [2.24, 2.45) is 5.73 Å². The molecule has 0 aliphatic carbocycles. The fourth-order valence-electron chi connectivity index (χ4n) is 2.82. The summed E-state index contributed by atoms with van der Waals surface area (Å²) in [7, 11) is 0. The number of hydrogen-bond acceptors (Lipinski definition) is 3. The predicted molar refractivity (Wildman–Crippen MR) is 78.6 cm³/mol. The van der Waals surface area contributed by atoms with Gasteiger partial charge >= 0.3 is 0 Å². The van der Waals surface area contributed by atoms with Gasteiger partial charge in [0.05, 0.1) is 11.4 Å². The van der Waals surface area contributed by atoms with Gasteiger partial charge in [0.15, 0.2) is 0 Å². The standard InChI is InChI=1S/C15H22N4/c16-8-7-13-11-19-12-14(5-6-15(19)17-13)18-9-3-1-2-4-10-18/h5-6,11-12H,1-4,7-10,16H2. The van der Waals surface area contributed by atoms with Crippen LogP contribution in [0.1, 0.15) is 31.4 Å². The maximum Gasteiger partial charge on any atom is 0.137 e. The molecule has 102 valence electrons. The molecule has 0 atom stereocenters. The largest absolute Gasteiger partial charge is 0.370 e. The second kappa shape index (κ2) is 5.61. The quantitative estimate of drug-likeness (QED) is 0.918. The van der Waals surface area contributed by atoms with Gasteiger partial charge in [-0.05, 0) is 31.5 Å². The SMILES string of the molecule is NCCc1cn2cc(N3CCCCCC3)ccc2n1. The molecule has 1 fully saturated rings. The van der Waals surface area contributed by atoms with Crippen LogP contribution in [0.5, 0.6) is 0 Å². The van der Waals surface area contributed by atoms with Crippen LogP contribution < -0.4 is 10.6 Å². The summed E-state index contributed by atoms with van der Waals surface area (Å²) in [6.45, 7) is 3.01. The minimum atomic E-state index is 0.656. The summed E-state index contributed by atoms with van der Waals surface area (Å²) in [6.07, 6.45) is 10.5. The minimum absolute atomic E-state index is 0.656. The Bertz CT molecular complexity index is 538. The van der Waals surface area contributed by atoms with Crippen molar-refractivity contribution in [3.63, 3.8) is 0 Å². The van der Waals surface area contributed by atoms with Gasteiger partial charge in [-0.2, -0.15) is 0 Å². The lowest BCUT2D eigenvalue weighted by molar-refractivity contribution is 0.726. The molecule has 0 aromatic carbocycles. The van der Waals surface area contributed by atoms with Crippen LogP contribution in [0.25, 0.3) is 5.65 Å². The number of anilines is 1. The zero-order chi connectivity index (χ0) is 13.1. The van der Waals surface area contributed by atoms with Gasteiger partial charge in [-0.25, -0.2) is 4.98 Å². The zero-order valence-electron chi connectivity index (χ0n) is 11.4. The molecule has 19 heavy (non-hydrogen) atoms. The average Bonchev–Trinajstić information content (AvgIpc) is 2.63. The zero-order valence-corrected chi connectivity index (χ0v) is 11.4. The molecule has 0 bridgehead atoms. The highest BCUT2D eigenvalue weighted by Crippen LogP contribution is 2.20. The van der Waals surface area contributed by atoms with E-state index in [1.807, 2.05) is 0 Å². The maximum absolute atomic E-state index is 5.59. The maximum atomic E-state index is 5.59. The monoisotopic (exact) mass is 258 g/mol. The third-order valence-electron chi connectivity index (χ3n) is 3.86. The molecule has 2 aromatic rings. The van der Waals surface area contributed by atoms with Crippen LogP contribution in [-0.4, -0.2) is 29.0 Å². The molecule has 0 amide bonds. The Kier molecular flexibility index (Phi) is 3.69. The van der Waals surface area contributed by atoms with Gasteiger partial charge in [0, 0.05) is 31.9 Å². The van der Waals surface area contributed by atoms with Gasteiger partial charge in [-0.15, -0.1) is 0 Å². The molecule has 3 rings (SSSR count). The Morgan fingerprint density at radius 2 is 1.84 bits per heavy atom. The number of hydrogen-bond donors (Lipinski definition) is 1. The Balaban J connectivity index is 1.87. The van der Waals surface area contributed by atoms with Crippen molar-refractivity contribution in [2.45, 2.75) is 32.1 Å². The van der Waals surface area contributed by atoms with E-state index in [1.165, 1.54) is 44.5 Å². The third kappa shape index (κ3) is 2.73. The van der Waals surface area contributed by atoms with Crippen LogP contribution in [0.2, 0.25) is 0 Å². The Hall–Kier alpha value is -1.55. The number of fused-ring (bicyclic) bond motifs is 1. The van der Waals surface area contributed by atoms with Crippen molar-refractivity contribution in [3.05, 3.63) is 30.2 Å². The number of nitrogens with zero attached hydrogens (tertiary/aromatic N) is 3. The van der Waals surface area contributed by atoms with E-state index in [0.717, 1.165) is 17.8 Å². The van der Waals surface area contributed by atoms with E-state index in [2.05, 4.69) is 38.8 Å². The normalized spacial score (nSPS) is 16.8. The van der Waals surface area contributed by atoms with Crippen LogP contribution >= 0.6 is 0 Å². The van der Waals surface area contributed by atoms with Crippen LogP contribution in [0.4, 0.5) is 5.69 Å². The van der Waals surface area contributed by atoms with Crippen molar-refractivity contribution in [1.82, 2.24) is 9.38 Å². The van der Waals surface area contributed by atoms with Crippen LogP contribution in [0, 0.1) is 0 Å². The van der Waals surface area contributed by atoms with Crippen molar-refractivity contribution < 1.29 is 0 Å². The Labute approximate surface area is 114 Å². The summed E-state index contributed by atoms with van der Waals surface area (Å²) >= 11 is 0. The molecule has 2 aromatic heterocycles. The van der Waals surface area contributed by atoms with E-state index in [1.54, 1.807) is 0 Å². The molecule has 2 N–H and O–H groups in total. The second-order valence-corrected chi connectivity index (χ2v) is 5.32. The number of rotatable bonds is 3. The number of imidazole rings is 1. The van der Waals surface area contributed by atoms with Gasteiger partial charge in [0.2, 0.25) is 0 Å². The smallest absolute Gasteiger partial charge is 0.137 e. The van der Waals surface area contributed by atoms with E-state index in [-0.39, 0.29) is 0 Å².